The van der Waals surface area contributed by atoms with Crippen LogP contribution in [-0.4, -0.2) is 20.0 Å². The number of ketones is 1. The quantitative estimate of drug-likeness (QED) is 0.781. The predicted molar refractivity (Wildman–Crippen MR) is 78.8 cm³/mol. The largest absolute Gasteiger partial charge is 0.497 e. The predicted octanol–water partition coefficient (Wildman–Crippen LogP) is 3.44. The van der Waals surface area contributed by atoms with Crippen LogP contribution >= 0.6 is 0 Å². The zero-order valence-electron chi connectivity index (χ0n) is 12.0. The van der Waals surface area contributed by atoms with Crippen molar-refractivity contribution >= 4 is 5.78 Å². The maximum Gasteiger partial charge on any atom is 0.167 e. The summed E-state index contributed by atoms with van der Waals surface area (Å²) in [5, 5.41) is 0. The fraction of sp³-hybridized carbons (Fsp3) is 0.235. The number of methoxy groups -OCH3 is 2. The highest BCUT2D eigenvalue weighted by Crippen LogP contribution is 2.20. The molecule has 0 amide bonds. The SMILES string of the molecule is COc1cccc(CC(=O)c2ccc(OC)cc2C)c1. The van der Waals surface area contributed by atoms with E-state index in [1.807, 2.05) is 49.4 Å². The molecule has 3 nitrogen and oxygen atoms in total. The fourth-order valence-electron chi connectivity index (χ4n) is 2.14. The summed E-state index contributed by atoms with van der Waals surface area (Å²) in [6.45, 7) is 1.92. The first-order valence-corrected chi connectivity index (χ1v) is 6.45. The molecular weight excluding hydrogens is 252 g/mol. The molecular formula is C17H18O3. The van der Waals surface area contributed by atoms with Crippen LogP contribution in [0.25, 0.3) is 0 Å². The lowest BCUT2D eigenvalue weighted by Gasteiger charge is -2.08. The molecule has 3 heteroatoms. The van der Waals surface area contributed by atoms with Crippen LogP contribution in [0.4, 0.5) is 0 Å². The first-order chi connectivity index (χ1) is 9.63. The van der Waals surface area contributed by atoms with Crippen molar-refractivity contribution in [2.45, 2.75) is 13.3 Å². The molecule has 0 saturated carbocycles. The van der Waals surface area contributed by atoms with Gasteiger partial charge in [0, 0.05) is 12.0 Å². The van der Waals surface area contributed by atoms with Crippen LogP contribution in [0, 0.1) is 6.92 Å². The summed E-state index contributed by atoms with van der Waals surface area (Å²) in [4.78, 5) is 12.4. The Morgan fingerprint density at radius 3 is 2.35 bits per heavy atom. The number of ether oxygens (including phenoxy) is 2. The molecule has 2 aromatic rings. The zero-order valence-corrected chi connectivity index (χ0v) is 12.0. The van der Waals surface area contributed by atoms with E-state index in [2.05, 4.69) is 0 Å². The van der Waals surface area contributed by atoms with Gasteiger partial charge >= 0.3 is 0 Å². The van der Waals surface area contributed by atoms with Gasteiger partial charge in [0.1, 0.15) is 11.5 Å². The van der Waals surface area contributed by atoms with Crippen molar-refractivity contribution in [2.24, 2.45) is 0 Å². The van der Waals surface area contributed by atoms with Crippen LogP contribution < -0.4 is 9.47 Å². The van der Waals surface area contributed by atoms with Crippen LogP contribution in [-0.2, 0) is 6.42 Å². The van der Waals surface area contributed by atoms with Crippen molar-refractivity contribution in [1.82, 2.24) is 0 Å². The third-order valence-electron chi connectivity index (χ3n) is 3.23. The molecule has 0 heterocycles. The molecule has 0 aliphatic rings. The van der Waals surface area contributed by atoms with Crippen LogP contribution in [0.1, 0.15) is 21.5 Å². The van der Waals surface area contributed by atoms with Crippen molar-refractivity contribution in [3.05, 3.63) is 59.2 Å². The highest BCUT2D eigenvalue weighted by atomic mass is 16.5. The lowest BCUT2D eigenvalue weighted by Crippen LogP contribution is -2.06. The number of benzene rings is 2. The van der Waals surface area contributed by atoms with Gasteiger partial charge in [0.25, 0.3) is 0 Å². The van der Waals surface area contributed by atoms with Gasteiger partial charge in [-0.25, -0.2) is 0 Å². The lowest BCUT2D eigenvalue weighted by atomic mass is 9.99. The maximum absolute atomic E-state index is 12.4. The molecule has 0 atom stereocenters. The van der Waals surface area contributed by atoms with Crippen molar-refractivity contribution in [3.63, 3.8) is 0 Å². The molecule has 20 heavy (non-hydrogen) atoms. The first-order valence-electron chi connectivity index (χ1n) is 6.45. The van der Waals surface area contributed by atoms with Gasteiger partial charge in [0.05, 0.1) is 14.2 Å². The van der Waals surface area contributed by atoms with E-state index in [1.54, 1.807) is 14.2 Å². The Labute approximate surface area is 119 Å². The molecule has 0 aliphatic carbocycles. The molecule has 0 N–H and O–H groups in total. The Balaban J connectivity index is 2.19. The summed E-state index contributed by atoms with van der Waals surface area (Å²) in [5.41, 5.74) is 2.61. The van der Waals surface area contributed by atoms with E-state index in [-0.39, 0.29) is 5.78 Å². The Bertz CT molecular complexity index is 617. The molecule has 0 spiro atoms. The number of aryl methyl sites for hydroxylation is 1. The fourth-order valence-corrected chi connectivity index (χ4v) is 2.14. The lowest BCUT2D eigenvalue weighted by molar-refractivity contribution is 0.0992. The van der Waals surface area contributed by atoms with E-state index in [0.29, 0.717) is 6.42 Å². The van der Waals surface area contributed by atoms with Gasteiger partial charge in [-0.15, -0.1) is 0 Å². The van der Waals surface area contributed by atoms with Crippen LogP contribution in [0.2, 0.25) is 0 Å². The van der Waals surface area contributed by atoms with E-state index in [0.717, 1.165) is 28.2 Å². The Kier molecular flexibility index (Phi) is 4.41. The summed E-state index contributed by atoms with van der Waals surface area (Å²) >= 11 is 0. The van der Waals surface area contributed by atoms with Gasteiger partial charge in [-0.3, -0.25) is 4.79 Å². The van der Waals surface area contributed by atoms with Gasteiger partial charge in [-0.2, -0.15) is 0 Å². The second-order valence-corrected chi connectivity index (χ2v) is 4.63. The number of Topliss-reactive ketones (excluding diaryl/α,β-unsaturated/α-hetero) is 1. The van der Waals surface area contributed by atoms with Gasteiger partial charge in [0.15, 0.2) is 5.78 Å². The molecule has 0 aliphatic heterocycles. The summed E-state index contributed by atoms with van der Waals surface area (Å²) in [6.07, 6.45) is 0.365. The molecule has 0 saturated heterocycles. The first kappa shape index (κ1) is 14.1. The Morgan fingerprint density at radius 1 is 1.00 bits per heavy atom. The topological polar surface area (TPSA) is 35.5 Å². The van der Waals surface area contributed by atoms with E-state index in [1.165, 1.54) is 0 Å². The highest BCUT2D eigenvalue weighted by Gasteiger charge is 2.11. The van der Waals surface area contributed by atoms with Crippen molar-refractivity contribution in [2.75, 3.05) is 14.2 Å². The summed E-state index contributed by atoms with van der Waals surface area (Å²) < 4.78 is 10.3. The summed E-state index contributed by atoms with van der Waals surface area (Å²) in [7, 11) is 3.24. The number of carbonyl (C=O) groups is 1. The van der Waals surface area contributed by atoms with E-state index < -0.39 is 0 Å². The zero-order chi connectivity index (χ0) is 14.5. The summed E-state index contributed by atoms with van der Waals surface area (Å²) in [5.74, 6) is 1.63. The van der Waals surface area contributed by atoms with E-state index in [9.17, 15) is 4.79 Å². The molecule has 2 rings (SSSR count). The smallest absolute Gasteiger partial charge is 0.167 e. The number of hydrogen-bond donors (Lipinski definition) is 0. The minimum Gasteiger partial charge on any atom is -0.497 e. The Morgan fingerprint density at radius 2 is 1.70 bits per heavy atom. The average molecular weight is 270 g/mol. The molecule has 0 bridgehead atoms. The van der Waals surface area contributed by atoms with Crippen LogP contribution in [0.15, 0.2) is 42.5 Å². The van der Waals surface area contributed by atoms with Gasteiger partial charge < -0.3 is 9.47 Å². The highest BCUT2D eigenvalue weighted by molar-refractivity contribution is 5.99. The standard InChI is InChI=1S/C17H18O3/c1-12-9-15(20-3)7-8-16(12)17(18)11-13-5-4-6-14(10-13)19-2/h4-10H,11H2,1-3H3. The molecule has 0 radical (unpaired) electrons. The van der Waals surface area contributed by atoms with Crippen molar-refractivity contribution in [1.29, 1.82) is 0 Å². The third-order valence-corrected chi connectivity index (χ3v) is 3.23. The van der Waals surface area contributed by atoms with Gasteiger partial charge in [-0.05, 0) is 48.4 Å². The molecule has 0 fully saturated rings. The molecule has 2 aromatic carbocycles. The van der Waals surface area contributed by atoms with Gasteiger partial charge in [0.2, 0.25) is 0 Å². The molecule has 0 unspecified atom stereocenters. The average Bonchev–Trinajstić information content (AvgIpc) is 2.47. The van der Waals surface area contributed by atoms with E-state index >= 15 is 0 Å². The maximum atomic E-state index is 12.4. The monoisotopic (exact) mass is 270 g/mol. The third kappa shape index (κ3) is 3.18. The normalized spacial score (nSPS) is 10.2. The second kappa shape index (κ2) is 6.24. The van der Waals surface area contributed by atoms with Crippen LogP contribution in [0.3, 0.4) is 0 Å². The van der Waals surface area contributed by atoms with Crippen molar-refractivity contribution in [3.8, 4) is 11.5 Å². The number of hydrogen-bond acceptors (Lipinski definition) is 3. The second-order valence-electron chi connectivity index (χ2n) is 4.63. The molecule has 0 aromatic heterocycles. The molecule has 104 valence electrons. The van der Waals surface area contributed by atoms with Crippen LogP contribution in [0.5, 0.6) is 11.5 Å². The number of rotatable bonds is 5. The minimum atomic E-state index is 0.0957. The summed E-state index contributed by atoms with van der Waals surface area (Å²) in [6, 6.07) is 13.1. The Hall–Kier alpha value is -2.29. The van der Waals surface area contributed by atoms with Crippen molar-refractivity contribution < 1.29 is 14.3 Å². The van der Waals surface area contributed by atoms with Gasteiger partial charge in [-0.1, -0.05) is 12.1 Å². The minimum absolute atomic E-state index is 0.0957. The number of carbonyl (C=O) groups excluding carboxylic acids is 1. The van der Waals surface area contributed by atoms with E-state index in [4.69, 9.17) is 9.47 Å².